The van der Waals surface area contributed by atoms with Crippen molar-refractivity contribution in [3.63, 3.8) is 0 Å². The zero-order valence-corrected chi connectivity index (χ0v) is 28.8. The molecule has 3 unspecified atom stereocenters. The number of nitrogens with two attached hydrogens (primary N) is 1. The van der Waals surface area contributed by atoms with E-state index in [4.69, 9.17) is 14.8 Å². The Kier molecular flexibility index (Phi) is 30.7. The number of aliphatic hydroxyl groups is 1. The number of nitrogens with one attached hydrogen (secondary N) is 1. The molecule has 9 heteroatoms. The first-order chi connectivity index (χ1) is 20.9. The van der Waals surface area contributed by atoms with Crippen molar-refractivity contribution in [2.75, 3.05) is 19.8 Å². The summed E-state index contributed by atoms with van der Waals surface area (Å²) >= 11 is 0. The summed E-state index contributed by atoms with van der Waals surface area (Å²) in [6, 6.07) is -0.851. The Morgan fingerprint density at radius 2 is 1.19 bits per heavy atom. The lowest BCUT2D eigenvalue weighted by atomic mass is 10.0. The second-order valence-electron chi connectivity index (χ2n) is 12.1. The molecule has 1 amide bonds. The zero-order chi connectivity index (χ0) is 31.9. The van der Waals surface area contributed by atoms with Gasteiger partial charge < -0.3 is 21.1 Å². The van der Waals surface area contributed by atoms with Crippen LogP contribution in [0, 0.1) is 0 Å². The fourth-order valence-electron chi connectivity index (χ4n) is 5.13. The zero-order valence-electron chi connectivity index (χ0n) is 28.0. The number of amides is 1. The molecule has 3 atom stereocenters. The number of hydrogen-bond donors (Lipinski definition) is 4. The van der Waals surface area contributed by atoms with Crippen LogP contribution >= 0.6 is 7.82 Å². The number of phosphoric ester groups is 1. The van der Waals surface area contributed by atoms with Crippen molar-refractivity contribution >= 4 is 13.7 Å². The lowest BCUT2D eigenvalue weighted by molar-refractivity contribution is -0.123. The van der Waals surface area contributed by atoms with E-state index in [-0.39, 0.29) is 25.7 Å². The molecule has 0 rings (SSSR count). The van der Waals surface area contributed by atoms with Crippen molar-refractivity contribution in [3.8, 4) is 0 Å². The lowest BCUT2D eigenvalue weighted by Gasteiger charge is -2.23. The van der Waals surface area contributed by atoms with Crippen LogP contribution in [0.3, 0.4) is 0 Å². The maximum atomic E-state index is 12.6. The molecular formula is C34H69N2O6P. The molecule has 5 N–H and O–H groups in total. The van der Waals surface area contributed by atoms with Gasteiger partial charge in [0.1, 0.15) is 0 Å². The number of unbranched alkanes of at least 4 members (excludes halogenated alkanes) is 21. The molecule has 0 saturated heterocycles. The van der Waals surface area contributed by atoms with Crippen LogP contribution in [-0.2, 0) is 18.4 Å². The van der Waals surface area contributed by atoms with Crippen molar-refractivity contribution in [2.45, 2.75) is 180 Å². The Morgan fingerprint density at radius 1 is 0.744 bits per heavy atom. The lowest BCUT2D eigenvalue weighted by Crippen LogP contribution is -2.45. The summed E-state index contributed by atoms with van der Waals surface area (Å²) in [7, 11) is -4.32. The van der Waals surface area contributed by atoms with Crippen LogP contribution in [0.5, 0.6) is 0 Å². The highest BCUT2D eigenvalue weighted by atomic mass is 31.2. The summed E-state index contributed by atoms with van der Waals surface area (Å²) < 4.78 is 21.9. The third-order valence-electron chi connectivity index (χ3n) is 7.86. The minimum Gasteiger partial charge on any atom is -0.387 e. The van der Waals surface area contributed by atoms with E-state index in [2.05, 4.69) is 19.2 Å². The molecule has 0 aliphatic rings. The molecule has 0 radical (unpaired) electrons. The highest BCUT2D eigenvalue weighted by Gasteiger charge is 2.26. The Balaban J connectivity index is 4.33. The standard InChI is InChI=1S/C34H69N2O6P/c1-3-5-7-9-11-13-14-15-16-17-18-20-21-23-25-27-33(37)32(31-42-43(39,40)41-30-29-35)36-34(38)28-26-24-22-19-12-10-8-6-4-2/h25,27,32-33,37H,3-24,26,28-31,35H2,1-2H3,(H,36,38)(H,39,40)/b27-25+. The van der Waals surface area contributed by atoms with Crippen LogP contribution in [0.15, 0.2) is 12.2 Å². The van der Waals surface area contributed by atoms with Gasteiger partial charge in [0.25, 0.3) is 0 Å². The Morgan fingerprint density at radius 3 is 1.65 bits per heavy atom. The molecule has 43 heavy (non-hydrogen) atoms. The molecule has 0 fully saturated rings. The van der Waals surface area contributed by atoms with Gasteiger partial charge in [0.15, 0.2) is 0 Å². The average Bonchev–Trinajstić information content (AvgIpc) is 2.99. The molecule has 0 aromatic rings. The van der Waals surface area contributed by atoms with Crippen LogP contribution < -0.4 is 11.1 Å². The van der Waals surface area contributed by atoms with E-state index in [1.165, 1.54) is 109 Å². The first-order valence-electron chi connectivity index (χ1n) is 17.8. The quantitative estimate of drug-likeness (QED) is 0.0323. The van der Waals surface area contributed by atoms with Gasteiger partial charge in [-0.25, -0.2) is 4.57 Å². The fraction of sp³-hybridized carbons (Fsp3) is 0.912. The summed E-state index contributed by atoms with van der Waals surface area (Å²) in [4.78, 5) is 22.5. The summed E-state index contributed by atoms with van der Waals surface area (Å²) in [5.74, 6) is -0.198. The number of allylic oxidation sites excluding steroid dienone is 1. The first kappa shape index (κ1) is 42.2. The molecule has 8 nitrogen and oxygen atoms in total. The van der Waals surface area contributed by atoms with E-state index in [1.54, 1.807) is 6.08 Å². The summed E-state index contributed by atoms with van der Waals surface area (Å²) in [6.07, 6.45) is 31.1. The normalized spacial score (nSPS) is 14.6. The van der Waals surface area contributed by atoms with Crippen LogP contribution in [0.2, 0.25) is 0 Å². The second kappa shape index (κ2) is 31.2. The largest absolute Gasteiger partial charge is 0.472 e. The smallest absolute Gasteiger partial charge is 0.387 e. The van der Waals surface area contributed by atoms with Gasteiger partial charge in [0, 0.05) is 13.0 Å². The minimum atomic E-state index is -4.32. The van der Waals surface area contributed by atoms with Gasteiger partial charge >= 0.3 is 7.82 Å². The summed E-state index contributed by atoms with van der Waals surface area (Å²) in [6.45, 7) is 4.10. The van der Waals surface area contributed by atoms with Crippen molar-refractivity contribution in [1.29, 1.82) is 0 Å². The van der Waals surface area contributed by atoms with E-state index in [1.807, 2.05) is 6.08 Å². The maximum absolute atomic E-state index is 12.6. The Labute approximate surface area is 265 Å². The molecule has 0 aromatic carbocycles. The monoisotopic (exact) mass is 632 g/mol. The number of carbonyl (C=O) groups excluding carboxylic acids is 1. The van der Waals surface area contributed by atoms with Crippen molar-refractivity contribution in [2.24, 2.45) is 5.73 Å². The molecule has 256 valence electrons. The van der Waals surface area contributed by atoms with E-state index < -0.39 is 20.0 Å². The highest BCUT2D eigenvalue weighted by molar-refractivity contribution is 7.47. The molecule has 0 aliphatic heterocycles. The van der Waals surface area contributed by atoms with Crippen molar-refractivity contribution in [3.05, 3.63) is 12.2 Å². The number of hydrogen-bond acceptors (Lipinski definition) is 6. The number of rotatable bonds is 33. The molecule has 0 bridgehead atoms. The molecule has 0 spiro atoms. The molecule has 0 aromatic heterocycles. The average molecular weight is 633 g/mol. The van der Waals surface area contributed by atoms with E-state index in [0.29, 0.717) is 6.42 Å². The van der Waals surface area contributed by atoms with Crippen LogP contribution in [0.4, 0.5) is 0 Å². The van der Waals surface area contributed by atoms with Crippen LogP contribution in [-0.4, -0.2) is 47.8 Å². The van der Waals surface area contributed by atoms with Crippen LogP contribution in [0.1, 0.15) is 168 Å². The number of phosphoric acid groups is 1. The molecule has 0 heterocycles. The third-order valence-corrected chi connectivity index (χ3v) is 8.85. The van der Waals surface area contributed by atoms with E-state index in [0.717, 1.165) is 38.5 Å². The highest BCUT2D eigenvalue weighted by Crippen LogP contribution is 2.43. The topological polar surface area (TPSA) is 131 Å². The van der Waals surface area contributed by atoms with Gasteiger partial charge in [0.05, 0.1) is 25.4 Å². The number of carbonyl (C=O) groups is 1. The number of aliphatic hydroxyl groups excluding tert-OH is 1. The molecule has 0 aliphatic carbocycles. The fourth-order valence-corrected chi connectivity index (χ4v) is 5.89. The van der Waals surface area contributed by atoms with Crippen molar-refractivity contribution in [1.82, 2.24) is 5.32 Å². The second-order valence-corrected chi connectivity index (χ2v) is 13.5. The van der Waals surface area contributed by atoms with Gasteiger partial charge in [-0.1, -0.05) is 154 Å². The SMILES string of the molecule is CCCCCCCCCCCCCCC/C=C/C(O)C(COP(=O)(O)OCCN)NC(=O)CCCCCCCCCCC. The van der Waals surface area contributed by atoms with Crippen LogP contribution in [0.25, 0.3) is 0 Å². The molecule has 0 saturated carbocycles. The van der Waals surface area contributed by atoms with Gasteiger partial charge in [0.2, 0.25) is 5.91 Å². The van der Waals surface area contributed by atoms with Gasteiger partial charge in [-0.15, -0.1) is 0 Å². The van der Waals surface area contributed by atoms with E-state index in [9.17, 15) is 19.4 Å². The summed E-state index contributed by atoms with van der Waals surface area (Å²) in [5, 5.41) is 13.5. The first-order valence-corrected chi connectivity index (χ1v) is 19.3. The van der Waals surface area contributed by atoms with Gasteiger partial charge in [-0.2, -0.15) is 0 Å². The molecular weight excluding hydrogens is 563 g/mol. The predicted molar refractivity (Wildman–Crippen MR) is 180 cm³/mol. The minimum absolute atomic E-state index is 0.0807. The maximum Gasteiger partial charge on any atom is 0.472 e. The van der Waals surface area contributed by atoms with Crippen molar-refractivity contribution < 1.29 is 28.4 Å². The predicted octanol–water partition coefficient (Wildman–Crippen LogP) is 8.88. The Hall–Kier alpha value is -0.760. The summed E-state index contributed by atoms with van der Waals surface area (Å²) in [5.41, 5.74) is 5.34. The van der Waals surface area contributed by atoms with Gasteiger partial charge in [-0.3, -0.25) is 13.8 Å². The Bertz CT molecular complexity index is 694. The van der Waals surface area contributed by atoms with Gasteiger partial charge in [-0.05, 0) is 19.3 Å². The van der Waals surface area contributed by atoms with E-state index >= 15 is 0 Å². The third kappa shape index (κ3) is 29.7.